The Morgan fingerprint density at radius 3 is 2.27 bits per heavy atom. The zero-order valence-electron chi connectivity index (χ0n) is 18.6. The largest absolute Gasteiger partial charge is 0.206 e. The molecule has 0 amide bonds. The highest BCUT2D eigenvalue weighted by molar-refractivity contribution is 5.88. The average Bonchev–Trinajstić information content (AvgIpc) is 2.84. The van der Waals surface area contributed by atoms with Crippen LogP contribution in [0.15, 0.2) is 84.9 Å². The first-order chi connectivity index (χ1) is 16.1. The van der Waals surface area contributed by atoms with E-state index in [0.717, 1.165) is 34.9 Å². The van der Waals surface area contributed by atoms with Gasteiger partial charge in [0.15, 0.2) is 0 Å². The van der Waals surface area contributed by atoms with Gasteiger partial charge < -0.3 is 0 Å². The lowest BCUT2D eigenvalue weighted by molar-refractivity contribution is 0.616. The molecule has 0 aromatic heterocycles. The van der Waals surface area contributed by atoms with E-state index in [1.807, 2.05) is 43.3 Å². The van der Waals surface area contributed by atoms with E-state index in [4.69, 9.17) is 5.26 Å². The Hall–Kier alpha value is -3.77. The van der Waals surface area contributed by atoms with Crippen LogP contribution in [-0.2, 0) is 19.3 Å². The molecule has 0 unspecified atom stereocenters. The standard InChI is InChI=1S/C30H25F2N/c1-2-3-4-5-21-6-10-23(11-7-21)25-16-17-28-26(19-25)15-14-24(30(28)32)12-8-22-9-13-27(20-33)29(31)18-22/h2-3,6-7,9-11,13-19H,4-5,8,12H2,1H3/b3-2+. The Morgan fingerprint density at radius 2 is 1.55 bits per heavy atom. The van der Waals surface area contributed by atoms with Crippen molar-refractivity contribution in [3.63, 3.8) is 0 Å². The first-order valence-corrected chi connectivity index (χ1v) is 11.2. The number of rotatable bonds is 7. The van der Waals surface area contributed by atoms with Gasteiger partial charge in [0, 0.05) is 5.39 Å². The lowest BCUT2D eigenvalue weighted by Crippen LogP contribution is -1.97. The van der Waals surface area contributed by atoms with Crippen LogP contribution in [0.1, 0.15) is 35.6 Å². The van der Waals surface area contributed by atoms with Crippen molar-refractivity contribution >= 4 is 10.8 Å². The molecule has 0 heterocycles. The number of aryl methyl sites for hydroxylation is 3. The van der Waals surface area contributed by atoms with Crippen molar-refractivity contribution in [2.24, 2.45) is 0 Å². The van der Waals surface area contributed by atoms with Crippen molar-refractivity contribution in [1.29, 1.82) is 5.26 Å². The van der Waals surface area contributed by atoms with Gasteiger partial charge in [-0.15, -0.1) is 0 Å². The number of hydrogen-bond donors (Lipinski definition) is 0. The highest BCUT2D eigenvalue weighted by atomic mass is 19.1. The Morgan fingerprint density at radius 1 is 0.788 bits per heavy atom. The lowest BCUT2D eigenvalue weighted by Gasteiger charge is -2.10. The molecule has 0 fully saturated rings. The fraction of sp³-hybridized carbons (Fsp3) is 0.167. The predicted octanol–water partition coefficient (Wildman–Crippen LogP) is 7.95. The van der Waals surface area contributed by atoms with Crippen LogP contribution in [0.3, 0.4) is 0 Å². The quantitative estimate of drug-likeness (QED) is 0.269. The summed E-state index contributed by atoms with van der Waals surface area (Å²) in [5.41, 5.74) is 4.84. The number of nitrogens with zero attached hydrogens (tertiary/aromatic N) is 1. The number of hydrogen-bond acceptors (Lipinski definition) is 1. The second-order valence-electron chi connectivity index (χ2n) is 8.21. The summed E-state index contributed by atoms with van der Waals surface area (Å²) in [7, 11) is 0. The van der Waals surface area contributed by atoms with E-state index < -0.39 is 5.82 Å². The molecule has 4 aromatic rings. The summed E-state index contributed by atoms with van der Waals surface area (Å²) in [6.45, 7) is 2.03. The van der Waals surface area contributed by atoms with Crippen molar-refractivity contribution in [2.75, 3.05) is 0 Å². The summed E-state index contributed by atoms with van der Waals surface area (Å²) in [4.78, 5) is 0. The second-order valence-corrected chi connectivity index (χ2v) is 8.21. The highest BCUT2D eigenvalue weighted by Gasteiger charge is 2.10. The van der Waals surface area contributed by atoms with Crippen LogP contribution in [0, 0.1) is 23.0 Å². The molecular weight excluding hydrogens is 412 g/mol. The molecule has 3 heteroatoms. The first-order valence-electron chi connectivity index (χ1n) is 11.2. The van der Waals surface area contributed by atoms with E-state index in [9.17, 15) is 4.39 Å². The summed E-state index contributed by atoms with van der Waals surface area (Å²) in [6, 6.07) is 24.5. The topological polar surface area (TPSA) is 23.8 Å². The van der Waals surface area contributed by atoms with Gasteiger partial charge in [-0.2, -0.15) is 5.26 Å². The molecule has 0 saturated heterocycles. The minimum atomic E-state index is -0.535. The number of benzene rings is 4. The third-order valence-corrected chi connectivity index (χ3v) is 5.99. The molecule has 0 radical (unpaired) electrons. The fourth-order valence-corrected chi connectivity index (χ4v) is 4.07. The van der Waals surface area contributed by atoms with Crippen molar-refractivity contribution < 1.29 is 8.78 Å². The Labute approximate surface area is 193 Å². The summed E-state index contributed by atoms with van der Waals surface area (Å²) < 4.78 is 29.0. The van der Waals surface area contributed by atoms with Crippen LogP contribution < -0.4 is 0 Å². The number of allylic oxidation sites excluding steroid dienone is 2. The van der Waals surface area contributed by atoms with Gasteiger partial charge >= 0.3 is 0 Å². The fourth-order valence-electron chi connectivity index (χ4n) is 4.07. The summed E-state index contributed by atoms with van der Waals surface area (Å²) in [5.74, 6) is -0.764. The normalized spacial score (nSPS) is 11.2. The van der Waals surface area contributed by atoms with Crippen molar-refractivity contribution in [3.8, 4) is 17.2 Å². The van der Waals surface area contributed by atoms with Crippen LogP contribution in [0.25, 0.3) is 21.9 Å². The van der Waals surface area contributed by atoms with Crippen LogP contribution in [-0.4, -0.2) is 0 Å². The molecule has 0 bridgehead atoms. The molecule has 4 rings (SSSR count). The molecule has 33 heavy (non-hydrogen) atoms. The van der Waals surface area contributed by atoms with E-state index >= 15 is 4.39 Å². The SMILES string of the molecule is C/C=C/CCc1ccc(-c2ccc3c(F)c(CCc4ccc(C#N)c(F)c4)ccc3c2)cc1. The van der Waals surface area contributed by atoms with Gasteiger partial charge in [0.2, 0.25) is 0 Å². The maximum absolute atomic E-state index is 15.2. The van der Waals surface area contributed by atoms with Gasteiger partial charge in [-0.1, -0.05) is 66.7 Å². The lowest BCUT2D eigenvalue weighted by atomic mass is 9.96. The third-order valence-electron chi connectivity index (χ3n) is 5.99. The zero-order chi connectivity index (χ0) is 23.2. The van der Waals surface area contributed by atoms with Gasteiger partial charge in [0.05, 0.1) is 5.56 Å². The van der Waals surface area contributed by atoms with E-state index in [1.54, 1.807) is 6.07 Å². The van der Waals surface area contributed by atoms with Gasteiger partial charge in [0.25, 0.3) is 0 Å². The second kappa shape index (κ2) is 10.2. The number of fused-ring (bicyclic) bond motifs is 1. The molecule has 4 aromatic carbocycles. The Balaban J connectivity index is 1.51. The van der Waals surface area contributed by atoms with Gasteiger partial charge in [-0.25, -0.2) is 8.78 Å². The Bertz CT molecular complexity index is 1340. The zero-order valence-corrected chi connectivity index (χ0v) is 18.6. The van der Waals surface area contributed by atoms with Crippen molar-refractivity contribution in [2.45, 2.75) is 32.6 Å². The van der Waals surface area contributed by atoms with Gasteiger partial charge in [0.1, 0.15) is 17.7 Å². The van der Waals surface area contributed by atoms with E-state index in [-0.39, 0.29) is 11.4 Å². The van der Waals surface area contributed by atoms with Crippen LogP contribution >= 0.6 is 0 Å². The molecule has 0 aliphatic rings. The third kappa shape index (κ3) is 5.18. The van der Waals surface area contributed by atoms with E-state index in [2.05, 4.69) is 36.4 Å². The number of halogens is 2. The maximum atomic E-state index is 15.2. The maximum Gasteiger partial charge on any atom is 0.141 e. The molecule has 164 valence electrons. The molecule has 0 saturated carbocycles. The minimum Gasteiger partial charge on any atom is -0.206 e. The van der Waals surface area contributed by atoms with E-state index in [1.165, 1.54) is 17.7 Å². The molecule has 0 spiro atoms. The van der Waals surface area contributed by atoms with Crippen molar-refractivity contribution in [1.82, 2.24) is 0 Å². The molecular formula is C30H25F2N. The smallest absolute Gasteiger partial charge is 0.141 e. The number of nitriles is 1. The summed E-state index contributed by atoms with van der Waals surface area (Å²) >= 11 is 0. The van der Waals surface area contributed by atoms with E-state index in [0.29, 0.717) is 23.8 Å². The highest BCUT2D eigenvalue weighted by Crippen LogP contribution is 2.28. The molecule has 1 nitrogen and oxygen atoms in total. The minimum absolute atomic E-state index is 0.0229. The van der Waals surface area contributed by atoms with Gasteiger partial charge in [-0.3, -0.25) is 0 Å². The Kier molecular flexibility index (Phi) is 6.95. The summed E-state index contributed by atoms with van der Waals surface area (Å²) in [5, 5.41) is 10.3. The summed E-state index contributed by atoms with van der Waals surface area (Å²) in [6.07, 6.45) is 7.26. The average molecular weight is 438 g/mol. The molecule has 0 atom stereocenters. The van der Waals surface area contributed by atoms with Crippen LogP contribution in [0.2, 0.25) is 0 Å². The molecule has 0 aliphatic heterocycles. The molecule has 0 N–H and O–H groups in total. The van der Waals surface area contributed by atoms with Crippen LogP contribution in [0.4, 0.5) is 8.78 Å². The predicted molar refractivity (Wildman–Crippen MR) is 131 cm³/mol. The van der Waals surface area contributed by atoms with Crippen LogP contribution in [0.5, 0.6) is 0 Å². The first kappa shape index (κ1) is 22.4. The van der Waals surface area contributed by atoms with Crippen molar-refractivity contribution in [3.05, 3.63) is 119 Å². The van der Waals surface area contributed by atoms with Gasteiger partial charge in [-0.05, 0) is 84.0 Å². The molecule has 0 aliphatic carbocycles. The monoisotopic (exact) mass is 437 g/mol.